The van der Waals surface area contributed by atoms with Crippen LogP contribution in [0.2, 0.25) is 0 Å². The number of hydrogen-bond donors (Lipinski definition) is 1. The minimum atomic E-state index is -1.11. The summed E-state index contributed by atoms with van der Waals surface area (Å²) in [5.41, 5.74) is 1.10. The molecular weight excluding hydrogens is 416 g/mol. The third-order valence-corrected chi connectivity index (χ3v) is 5.54. The summed E-state index contributed by atoms with van der Waals surface area (Å²) in [6, 6.07) is 13.9. The van der Waals surface area contributed by atoms with Crippen LogP contribution in [0.4, 0.5) is 0 Å². The summed E-state index contributed by atoms with van der Waals surface area (Å²) >= 11 is 0. The Bertz CT molecular complexity index is 785. The minimum Gasteiger partial charge on any atom is -0.494 e. The number of esters is 1. The first-order valence-corrected chi connectivity index (χ1v) is 12.4. The molecule has 0 aliphatic carbocycles. The van der Waals surface area contributed by atoms with Crippen molar-refractivity contribution in [3.63, 3.8) is 0 Å². The van der Waals surface area contributed by atoms with Gasteiger partial charge >= 0.3 is 5.97 Å². The zero-order valence-electron chi connectivity index (χ0n) is 20.4. The van der Waals surface area contributed by atoms with E-state index in [2.05, 4.69) is 13.8 Å². The van der Waals surface area contributed by atoms with Gasteiger partial charge in [0.05, 0.1) is 18.3 Å². The van der Waals surface area contributed by atoms with E-state index in [0.717, 1.165) is 25.0 Å². The third kappa shape index (κ3) is 10.3. The largest absolute Gasteiger partial charge is 0.494 e. The normalized spacial score (nSPS) is 12.7. The van der Waals surface area contributed by atoms with Gasteiger partial charge in [-0.05, 0) is 74.7 Å². The lowest BCUT2D eigenvalue weighted by Gasteiger charge is -2.15. The molecule has 0 aliphatic rings. The van der Waals surface area contributed by atoms with Crippen molar-refractivity contribution in [2.75, 3.05) is 6.61 Å². The summed E-state index contributed by atoms with van der Waals surface area (Å²) < 4.78 is 16.9. The Hall–Kier alpha value is -2.53. The van der Waals surface area contributed by atoms with Gasteiger partial charge in [0.2, 0.25) is 6.29 Å². The number of carbonyl (C=O) groups is 1. The minimum absolute atomic E-state index is 0.101. The molecule has 2 rings (SSSR count). The van der Waals surface area contributed by atoms with Crippen molar-refractivity contribution in [1.29, 1.82) is 0 Å². The predicted octanol–water partition coefficient (Wildman–Crippen LogP) is 7.23. The number of benzene rings is 2. The van der Waals surface area contributed by atoms with E-state index in [4.69, 9.17) is 14.2 Å². The Morgan fingerprint density at radius 3 is 2.06 bits per heavy atom. The molecule has 182 valence electrons. The van der Waals surface area contributed by atoms with Gasteiger partial charge in [-0.1, -0.05) is 52.4 Å². The summed E-state index contributed by atoms with van der Waals surface area (Å²) in [5.74, 6) is 0.920. The van der Waals surface area contributed by atoms with E-state index in [-0.39, 0.29) is 12.1 Å². The van der Waals surface area contributed by atoms with Crippen LogP contribution in [0.25, 0.3) is 0 Å². The van der Waals surface area contributed by atoms with Crippen LogP contribution in [-0.4, -0.2) is 23.8 Å². The van der Waals surface area contributed by atoms with Gasteiger partial charge in [0.25, 0.3) is 0 Å². The number of unbranched alkanes of at least 4 members (excludes halogenated alkanes) is 6. The van der Waals surface area contributed by atoms with Crippen molar-refractivity contribution in [3.05, 3.63) is 59.7 Å². The lowest BCUT2D eigenvalue weighted by atomic mass is 10.1. The summed E-state index contributed by atoms with van der Waals surface area (Å²) in [6.07, 6.45) is 8.96. The highest BCUT2D eigenvalue weighted by Gasteiger charge is 2.14. The predicted molar refractivity (Wildman–Crippen MR) is 132 cm³/mol. The van der Waals surface area contributed by atoms with E-state index in [0.29, 0.717) is 23.5 Å². The molecule has 0 saturated carbocycles. The molecule has 0 aromatic heterocycles. The molecule has 2 aromatic rings. The smallest absolute Gasteiger partial charge is 0.338 e. The number of carbonyl (C=O) groups excluding carboxylic acids is 1. The maximum absolute atomic E-state index is 12.3. The summed E-state index contributed by atoms with van der Waals surface area (Å²) in [7, 11) is 0. The van der Waals surface area contributed by atoms with Crippen LogP contribution in [0.3, 0.4) is 0 Å². The molecule has 2 unspecified atom stereocenters. The SMILES string of the molecule is CCCCCCOc1ccc(C(O)Oc2ccc(C(=O)OC(C)CCCCCC)cc2)cc1. The Labute approximate surface area is 199 Å². The van der Waals surface area contributed by atoms with Crippen LogP contribution in [-0.2, 0) is 4.74 Å². The molecular formula is C28H40O5. The van der Waals surface area contributed by atoms with Crippen molar-refractivity contribution in [2.45, 2.75) is 91.0 Å². The average Bonchev–Trinajstić information content (AvgIpc) is 2.82. The number of ether oxygens (including phenoxy) is 3. The highest BCUT2D eigenvalue weighted by molar-refractivity contribution is 5.89. The standard InChI is InChI=1S/C28H40O5/c1-4-6-8-10-12-22(3)32-27(29)23-15-19-26(20-16-23)33-28(30)24-13-17-25(18-14-24)31-21-11-9-7-5-2/h13-20,22,28,30H,4-12,21H2,1-3H3. The van der Waals surface area contributed by atoms with Gasteiger partial charge in [-0.2, -0.15) is 0 Å². The zero-order chi connectivity index (χ0) is 23.9. The van der Waals surface area contributed by atoms with Gasteiger partial charge in [-0.15, -0.1) is 0 Å². The van der Waals surface area contributed by atoms with Gasteiger partial charge in [0.1, 0.15) is 11.5 Å². The van der Waals surface area contributed by atoms with Gasteiger partial charge in [0, 0.05) is 5.56 Å². The molecule has 2 atom stereocenters. The second kappa shape index (κ2) is 15.3. The Balaban J connectivity index is 1.78. The van der Waals surface area contributed by atoms with Crippen molar-refractivity contribution in [3.8, 4) is 11.5 Å². The fourth-order valence-corrected chi connectivity index (χ4v) is 3.48. The van der Waals surface area contributed by atoms with E-state index < -0.39 is 6.29 Å². The van der Waals surface area contributed by atoms with Gasteiger partial charge in [-0.3, -0.25) is 0 Å². The van der Waals surface area contributed by atoms with Crippen LogP contribution in [0.1, 0.15) is 101 Å². The molecule has 2 aromatic carbocycles. The van der Waals surface area contributed by atoms with E-state index >= 15 is 0 Å². The second-order valence-electron chi connectivity index (χ2n) is 8.54. The topological polar surface area (TPSA) is 65.0 Å². The molecule has 1 N–H and O–H groups in total. The van der Waals surface area contributed by atoms with Crippen molar-refractivity contribution in [2.24, 2.45) is 0 Å². The second-order valence-corrected chi connectivity index (χ2v) is 8.54. The molecule has 0 bridgehead atoms. The van der Waals surface area contributed by atoms with Crippen LogP contribution >= 0.6 is 0 Å². The van der Waals surface area contributed by atoms with Crippen LogP contribution < -0.4 is 9.47 Å². The first-order chi connectivity index (χ1) is 16.0. The number of aliphatic hydroxyl groups is 1. The van der Waals surface area contributed by atoms with E-state index in [1.165, 1.54) is 38.5 Å². The van der Waals surface area contributed by atoms with Gasteiger partial charge in [0.15, 0.2) is 0 Å². The quantitative estimate of drug-likeness (QED) is 0.164. The molecule has 33 heavy (non-hydrogen) atoms. The molecule has 0 radical (unpaired) electrons. The maximum atomic E-state index is 12.3. The first-order valence-electron chi connectivity index (χ1n) is 12.4. The fraction of sp³-hybridized carbons (Fsp3) is 0.536. The first kappa shape index (κ1) is 26.7. The summed E-state index contributed by atoms with van der Waals surface area (Å²) in [4.78, 5) is 12.3. The van der Waals surface area contributed by atoms with Crippen LogP contribution in [0, 0.1) is 0 Å². The fourth-order valence-electron chi connectivity index (χ4n) is 3.48. The van der Waals surface area contributed by atoms with Gasteiger partial charge < -0.3 is 19.3 Å². The highest BCUT2D eigenvalue weighted by atomic mass is 16.6. The van der Waals surface area contributed by atoms with Gasteiger partial charge in [-0.25, -0.2) is 4.79 Å². The van der Waals surface area contributed by atoms with Crippen molar-refractivity contribution >= 4 is 5.97 Å². The highest BCUT2D eigenvalue weighted by Crippen LogP contribution is 2.23. The summed E-state index contributed by atoms with van der Waals surface area (Å²) in [6.45, 7) is 7.00. The Morgan fingerprint density at radius 2 is 1.42 bits per heavy atom. The molecule has 5 nitrogen and oxygen atoms in total. The monoisotopic (exact) mass is 456 g/mol. The maximum Gasteiger partial charge on any atom is 0.338 e. The van der Waals surface area contributed by atoms with Crippen molar-refractivity contribution in [1.82, 2.24) is 0 Å². The molecule has 0 saturated heterocycles. The number of rotatable bonds is 16. The van der Waals surface area contributed by atoms with Crippen LogP contribution in [0.15, 0.2) is 48.5 Å². The Kier molecular flexibility index (Phi) is 12.4. The van der Waals surface area contributed by atoms with E-state index in [1.54, 1.807) is 36.4 Å². The third-order valence-electron chi connectivity index (χ3n) is 5.54. The lowest BCUT2D eigenvalue weighted by Crippen LogP contribution is -2.15. The molecule has 5 heteroatoms. The molecule has 0 spiro atoms. The number of aliphatic hydroxyl groups excluding tert-OH is 1. The van der Waals surface area contributed by atoms with E-state index in [1.807, 2.05) is 19.1 Å². The Morgan fingerprint density at radius 1 is 0.818 bits per heavy atom. The molecule has 0 heterocycles. The van der Waals surface area contributed by atoms with Crippen molar-refractivity contribution < 1.29 is 24.1 Å². The average molecular weight is 457 g/mol. The zero-order valence-corrected chi connectivity index (χ0v) is 20.4. The summed E-state index contributed by atoms with van der Waals surface area (Å²) in [5, 5.41) is 10.4. The van der Waals surface area contributed by atoms with E-state index in [9.17, 15) is 9.90 Å². The van der Waals surface area contributed by atoms with Crippen LogP contribution in [0.5, 0.6) is 11.5 Å². The lowest BCUT2D eigenvalue weighted by molar-refractivity contribution is -0.0194. The molecule has 0 aliphatic heterocycles. The molecule has 0 amide bonds. The number of hydrogen-bond acceptors (Lipinski definition) is 5. The molecule has 0 fully saturated rings.